The summed E-state index contributed by atoms with van der Waals surface area (Å²) in [5, 5.41) is 2.85. The summed E-state index contributed by atoms with van der Waals surface area (Å²) in [5.41, 5.74) is 1.79. The molecule has 0 radical (unpaired) electrons. The van der Waals surface area contributed by atoms with Crippen molar-refractivity contribution in [2.75, 3.05) is 18.4 Å². The maximum absolute atomic E-state index is 13.4. The van der Waals surface area contributed by atoms with Crippen LogP contribution in [0.1, 0.15) is 33.1 Å². The minimum Gasteiger partial charge on any atom is -0.325 e. The van der Waals surface area contributed by atoms with Crippen LogP contribution in [0.5, 0.6) is 0 Å². The van der Waals surface area contributed by atoms with E-state index in [0.29, 0.717) is 36.0 Å². The summed E-state index contributed by atoms with van der Waals surface area (Å²) in [4.78, 5) is 17.5. The molecule has 1 unspecified atom stereocenters. The van der Waals surface area contributed by atoms with E-state index in [0.717, 1.165) is 24.8 Å². The lowest BCUT2D eigenvalue weighted by Gasteiger charge is -2.25. The molecule has 10 heteroatoms. The SMILES string of the molecule is CCn1c(SC(C)C(=O)Nc2cccc(F)c2)nc2cc(S(=O)(=O)N3CCCCC3)ccc21. The van der Waals surface area contributed by atoms with Crippen LogP contribution in [0, 0.1) is 5.82 Å². The van der Waals surface area contributed by atoms with Crippen LogP contribution in [0.15, 0.2) is 52.5 Å². The predicted molar refractivity (Wildman–Crippen MR) is 128 cm³/mol. The van der Waals surface area contributed by atoms with Crippen molar-refractivity contribution in [3.8, 4) is 0 Å². The topological polar surface area (TPSA) is 84.3 Å². The highest BCUT2D eigenvalue weighted by molar-refractivity contribution is 8.00. The number of carbonyl (C=O) groups excluding carboxylic acids is 1. The van der Waals surface area contributed by atoms with E-state index in [4.69, 9.17) is 0 Å². The van der Waals surface area contributed by atoms with Crippen molar-refractivity contribution < 1.29 is 17.6 Å². The Hall–Kier alpha value is -2.43. The summed E-state index contributed by atoms with van der Waals surface area (Å²) in [7, 11) is -3.56. The molecule has 176 valence electrons. The third-order valence-electron chi connectivity index (χ3n) is 5.70. The van der Waals surface area contributed by atoms with E-state index in [1.165, 1.54) is 30.0 Å². The third-order valence-corrected chi connectivity index (χ3v) is 8.68. The number of rotatable bonds is 7. The molecule has 2 heterocycles. The third kappa shape index (κ3) is 5.07. The van der Waals surface area contributed by atoms with Crippen molar-refractivity contribution in [2.24, 2.45) is 0 Å². The number of nitrogens with one attached hydrogen (secondary N) is 1. The number of carbonyl (C=O) groups is 1. The van der Waals surface area contributed by atoms with E-state index >= 15 is 0 Å². The van der Waals surface area contributed by atoms with Crippen molar-refractivity contribution in [2.45, 2.75) is 55.0 Å². The number of thioether (sulfide) groups is 1. The monoisotopic (exact) mass is 490 g/mol. The summed E-state index contributed by atoms with van der Waals surface area (Å²) in [5.74, 6) is -0.690. The van der Waals surface area contributed by atoms with Crippen LogP contribution in [0.3, 0.4) is 0 Å². The van der Waals surface area contributed by atoms with E-state index in [2.05, 4.69) is 10.3 Å². The maximum atomic E-state index is 13.4. The first-order valence-electron chi connectivity index (χ1n) is 11.0. The first-order valence-corrected chi connectivity index (χ1v) is 13.3. The van der Waals surface area contributed by atoms with Gasteiger partial charge in [-0.05, 0) is 63.1 Å². The second-order valence-corrected chi connectivity index (χ2v) is 11.3. The molecule has 1 aliphatic heterocycles. The quantitative estimate of drug-likeness (QED) is 0.494. The zero-order valence-corrected chi connectivity index (χ0v) is 20.3. The van der Waals surface area contributed by atoms with Gasteiger partial charge in [-0.3, -0.25) is 4.79 Å². The molecule has 0 spiro atoms. The number of nitrogens with zero attached hydrogens (tertiary/aromatic N) is 3. The number of aromatic nitrogens is 2. The molecule has 33 heavy (non-hydrogen) atoms. The summed E-state index contributed by atoms with van der Waals surface area (Å²) in [6.45, 7) is 5.44. The number of sulfonamides is 1. The Kier molecular flexibility index (Phi) is 7.06. The number of amides is 1. The minimum atomic E-state index is -3.56. The van der Waals surface area contributed by atoms with Gasteiger partial charge in [-0.2, -0.15) is 4.31 Å². The Balaban J connectivity index is 1.57. The highest BCUT2D eigenvalue weighted by Crippen LogP contribution is 2.30. The molecule has 7 nitrogen and oxygen atoms in total. The van der Waals surface area contributed by atoms with Crippen LogP contribution in [0.4, 0.5) is 10.1 Å². The first-order chi connectivity index (χ1) is 15.8. The number of hydrogen-bond donors (Lipinski definition) is 1. The Bertz CT molecular complexity index is 1270. The zero-order chi connectivity index (χ0) is 23.6. The molecular formula is C23H27FN4O3S2. The molecule has 0 saturated carbocycles. The molecule has 0 bridgehead atoms. The fourth-order valence-corrected chi connectivity index (χ4v) is 6.45. The molecule has 1 N–H and O–H groups in total. The van der Waals surface area contributed by atoms with Crippen molar-refractivity contribution in [3.63, 3.8) is 0 Å². The number of aryl methyl sites for hydroxylation is 1. The van der Waals surface area contributed by atoms with E-state index in [-0.39, 0.29) is 10.8 Å². The van der Waals surface area contributed by atoms with Crippen LogP contribution < -0.4 is 5.32 Å². The van der Waals surface area contributed by atoms with E-state index in [9.17, 15) is 17.6 Å². The Morgan fingerprint density at radius 3 is 2.64 bits per heavy atom. The van der Waals surface area contributed by atoms with Crippen molar-refractivity contribution in [1.29, 1.82) is 0 Å². The summed E-state index contributed by atoms with van der Waals surface area (Å²) in [6, 6.07) is 10.8. The summed E-state index contributed by atoms with van der Waals surface area (Å²) >= 11 is 1.28. The second-order valence-electron chi connectivity index (χ2n) is 8.01. The fourth-order valence-electron chi connectivity index (χ4n) is 3.92. The van der Waals surface area contributed by atoms with Gasteiger partial charge < -0.3 is 9.88 Å². The lowest BCUT2D eigenvalue weighted by Crippen LogP contribution is -2.35. The Morgan fingerprint density at radius 2 is 1.94 bits per heavy atom. The number of piperidine rings is 1. The molecule has 4 rings (SSSR count). The van der Waals surface area contributed by atoms with E-state index < -0.39 is 21.1 Å². The summed E-state index contributed by atoms with van der Waals surface area (Å²) in [6.07, 6.45) is 2.81. The molecule has 1 aliphatic rings. The molecule has 1 atom stereocenters. The lowest BCUT2D eigenvalue weighted by atomic mass is 10.2. The molecule has 2 aromatic carbocycles. The summed E-state index contributed by atoms with van der Waals surface area (Å²) < 4.78 is 43.0. The van der Waals surface area contributed by atoms with Gasteiger partial charge in [-0.15, -0.1) is 0 Å². The van der Waals surface area contributed by atoms with Crippen LogP contribution in [0.2, 0.25) is 0 Å². The lowest BCUT2D eigenvalue weighted by molar-refractivity contribution is -0.115. The van der Waals surface area contributed by atoms with Gasteiger partial charge in [0.15, 0.2) is 5.16 Å². The van der Waals surface area contributed by atoms with E-state index in [1.807, 2.05) is 11.5 Å². The highest BCUT2D eigenvalue weighted by atomic mass is 32.2. The fraction of sp³-hybridized carbons (Fsp3) is 0.391. The van der Waals surface area contributed by atoms with Crippen LogP contribution in [-0.2, 0) is 21.4 Å². The number of halogens is 1. The average Bonchev–Trinajstić information content (AvgIpc) is 3.15. The van der Waals surface area contributed by atoms with Crippen LogP contribution in [0.25, 0.3) is 11.0 Å². The maximum Gasteiger partial charge on any atom is 0.243 e. The standard InChI is InChI=1S/C23H27FN4O3S2/c1-3-28-21-11-10-19(33(30,31)27-12-5-4-6-13-27)15-20(21)26-23(28)32-16(2)22(29)25-18-9-7-8-17(24)14-18/h7-11,14-16H,3-6,12-13H2,1-2H3,(H,25,29). The van der Waals surface area contributed by atoms with Gasteiger partial charge in [-0.25, -0.2) is 17.8 Å². The van der Waals surface area contributed by atoms with Gasteiger partial charge in [0.1, 0.15) is 5.82 Å². The molecule has 1 amide bonds. The minimum absolute atomic E-state index is 0.242. The van der Waals surface area contributed by atoms with Gasteiger partial charge in [0.05, 0.1) is 21.2 Å². The highest BCUT2D eigenvalue weighted by Gasteiger charge is 2.27. The number of benzene rings is 2. The molecule has 1 saturated heterocycles. The molecule has 1 aromatic heterocycles. The zero-order valence-electron chi connectivity index (χ0n) is 18.6. The Labute approximate surface area is 197 Å². The average molecular weight is 491 g/mol. The van der Waals surface area contributed by atoms with Gasteiger partial charge in [0, 0.05) is 25.3 Å². The van der Waals surface area contributed by atoms with Gasteiger partial charge in [0.2, 0.25) is 15.9 Å². The molecule has 3 aromatic rings. The number of hydrogen-bond acceptors (Lipinski definition) is 5. The number of imidazole rings is 1. The molecule has 0 aliphatic carbocycles. The predicted octanol–water partition coefficient (Wildman–Crippen LogP) is 4.49. The largest absolute Gasteiger partial charge is 0.325 e. The van der Waals surface area contributed by atoms with Crippen LogP contribution in [-0.4, -0.2) is 46.5 Å². The Morgan fingerprint density at radius 1 is 1.18 bits per heavy atom. The van der Waals surface area contributed by atoms with Gasteiger partial charge in [0.25, 0.3) is 0 Å². The van der Waals surface area contributed by atoms with Gasteiger partial charge in [-0.1, -0.05) is 24.2 Å². The second kappa shape index (κ2) is 9.82. The van der Waals surface area contributed by atoms with Crippen LogP contribution >= 0.6 is 11.8 Å². The smallest absolute Gasteiger partial charge is 0.243 e. The van der Waals surface area contributed by atoms with E-state index in [1.54, 1.807) is 35.5 Å². The number of anilines is 1. The molecular weight excluding hydrogens is 463 g/mol. The van der Waals surface area contributed by atoms with Crippen molar-refractivity contribution in [3.05, 3.63) is 48.3 Å². The first kappa shape index (κ1) is 23.7. The van der Waals surface area contributed by atoms with Gasteiger partial charge >= 0.3 is 0 Å². The van der Waals surface area contributed by atoms with Crippen molar-refractivity contribution >= 4 is 44.4 Å². The normalized spacial score (nSPS) is 16.1. The molecule has 1 fully saturated rings. The van der Waals surface area contributed by atoms with Crippen molar-refractivity contribution in [1.82, 2.24) is 13.9 Å². The number of fused-ring (bicyclic) bond motifs is 1.